The maximum Gasteiger partial charge on any atom is 0.193 e. The number of rotatable bonds is 10. The monoisotopic (exact) mass is 370 g/mol. The molecule has 146 valence electrons. The fourth-order valence-electron chi connectivity index (χ4n) is 2.63. The summed E-state index contributed by atoms with van der Waals surface area (Å²) in [5, 5.41) is 3.07. The molecule has 0 bridgehead atoms. The Bertz CT molecular complexity index is 712. The van der Waals surface area contributed by atoms with E-state index in [1.165, 1.54) is 0 Å². The van der Waals surface area contributed by atoms with E-state index in [2.05, 4.69) is 29.1 Å². The molecule has 2 aromatic carbocycles. The quantitative estimate of drug-likeness (QED) is 0.496. The van der Waals surface area contributed by atoms with Crippen LogP contribution >= 0.6 is 0 Å². The third-order valence-electron chi connectivity index (χ3n) is 4.30. The van der Waals surface area contributed by atoms with Gasteiger partial charge in [0.25, 0.3) is 0 Å². The SMILES string of the molecule is CCN(CC)CCOc1ccc(CN=C(N)Nc2ccccc2OC)cc1. The van der Waals surface area contributed by atoms with Gasteiger partial charge in [0.1, 0.15) is 18.1 Å². The van der Waals surface area contributed by atoms with Crippen molar-refractivity contribution in [3.05, 3.63) is 54.1 Å². The maximum atomic E-state index is 5.98. The van der Waals surface area contributed by atoms with Gasteiger partial charge in [0.15, 0.2) is 5.96 Å². The van der Waals surface area contributed by atoms with Crippen molar-refractivity contribution >= 4 is 11.6 Å². The van der Waals surface area contributed by atoms with Crippen LogP contribution in [0.1, 0.15) is 19.4 Å². The van der Waals surface area contributed by atoms with Gasteiger partial charge in [-0.3, -0.25) is 0 Å². The van der Waals surface area contributed by atoms with E-state index in [0.717, 1.165) is 42.4 Å². The first-order valence-corrected chi connectivity index (χ1v) is 9.30. The maximum absolute atomic E-state index is 5.98. The second-order valence-electron chi connectivity index (χ2n) is 6.05. The van der Waals surface area contributed by atoms with Gasteiger partial charge in [-0.05, 0) is 42.9 Å². The highest BCUT2D eigenvalue weighted by atomic mass is 16.5. The number of methoxy groups -OCH3 is 1. The Balaban J connectivity index is 1.84. The third kappa shape index (κ3) is 6.83. The molecule has 6 heteroatoms. The van der Waals surface area contributed by atoms with Crippen LogP contribution in [-0.4, -0.2) is 44.2 Å². The minimum atomic E-state index is 0.346. The molecular formula is C21H30N4O2. The summed E-state index contributed by atoms with van der Waals surface area (Å²) in [6, 6.07) is 15.5. The van der Waals surface area contributed by atoms with Gasteiger partial charge in [-0.25, -0.2) is 4.99 Å². The summed E-state index contributed by atoms with van der Waals surface area (Å²) in [6.07, 6.45) is 0. The first-order chi connectivity index (χ1) is 13.2. The smallest absolute Gasteiger partial charge is 0.193 e. The van der Waals surface area contributed by atoms with Gasteiger partial charge in [0.05, 0.1) is 19.3 Å². The topological polar surface area (TPSA) is 72.1 Å². The lowest BCUT2D eigenvalue weighted by molar-refractivity contribution is 0.223. The van der Waals surface area contributed by atoms with Crippen LogP contribution in [0.25, 0.3) is 0 Å². The standard InChI is InChI=1S/C21H30N4O2/c1-4-25(5-2)14-15-27-18-12-10-17(11-13-18)16-23-21(22)24-19-8-6-7-9-20(19)26-3/h6-13H,4-5,14-16H2,1-3H3,(H3,22,23,24). The molecule has 3 N–H and O–H groups in total. The molecule has 0 amide bonds. The van der Waals surface area contributed by atoms with Crippen molar-refractivity contribution < 1.29 is 9.47 Å². The van der Waals surface area contributed by atoms with Crippen LogP contribution in [0.4, 0.5) is 5.69 Å². The van der Waals surface area contributed by atoms with Crippen LogP contribution in [0.15, 0.2) is 53.5 Å². The van der Waals surface area contributed by atoms with Crippen LogP contribution in [0.3, 0.4) is 0 Å². The van der Waals surface area contributed by atoms with Gasteiger partial charge in [0.2, 0.25) is 0 Å². The second kappa shape index (κ2) is 11.1. The molecule has 27 heavy (non-hydrogen) atoms. The molecule has 0 aliphatic heterocycles. The van der Waals surface area contributed by atoms with E-state index in [9.17, 15) is 0 Å². The van der Waals surface area contributed by atoms with Gasteiger partial charge in [0, 0.05) is 6.54 Å². The summed E-state index contributed by atoms with van der Waals surface area (Å²) in [7, 11) is 1.62. The number of likely N-dealkylation sites (N-methyl/N-ethyl adjacent to an activating group) is 1. The van der Waals surface area contributed by atoms with E-state index in [4.69, 9.17) is 15.2 Å². The molecule has 2 rings (SSSR count). The molecule has 0 saturated carbocycles. The lowest BCUT2D eigenvalue weighted by atomic mass is 10.2. The number of nitrogens with zero attached hydrogens (tertiary/aromatic N) is 2. The molecule has 0 fully saturated rings. The fraction of sp³-hybridized carbons (Fsp3) is 0.381. The lowest BCUT2D eigenvalue weighted by Crippen LogP contribution is -2.27. The van der Waals surface area contributed by atoms with E-state index in [1.54, 1.807) is 7.11 Å². The Hall–Kier alpha value is -2.73. The Labute approximate surface area is 162 Å². The van der Waals surface area contributed by atoms with Crippen molar-refractivity contribution in [2.24, 2.45) is 10.7 Å². The Morgan fingerprint density at radius 1 is 1.07 bits per heavy atom. The third-order valence-corrected chi connectivity index (χ3v) is 4.30. The minimum Gasteiger partial charge on any atom is -0.495 e. The number of nitrogens with one attached hydrogen (secondary N) is 1. The summed E-state index contributed by atoms with van der Waals surface area (Å²) >= 11 is 0. The van der Waals surface area contributed by atoms with Crippen molar-refractivity contribution in [2.75, 3.05) is 38.7 Å². The first kappa shape index (κ1) is 20.6. The van der Waals surface area contributed by atoms with E-state index in [0.29, 0.717) is 19.1 Å². The molecule has 0 radical (unpaired) electrons. The molecule has 0 atom stereocenters. The van der Waals surface area contributed by atoms with Crippen LogP contribution in [0.2, 0.25) is 0 Å². The summed E-state index contributed by atoms with van der Waals surface area (Å²) in [4.78, 5) is 6.72. The van der Waals surface area contributed by atoms with Crippen LogP contribution in [-0.2, 0) is 6.54 Å². The molecular weight excluding hydrogens is 340 g/mol. The average molecular weight is 370 g/mol. The van der Waals surface area contributed by atoms with E-state index < -0.39 is 0 Å². The van der Waals surface area contributed by atoms with Gasteiger partial charge < -0.3 is 25.4 Å². The van der Waals surface area contributed by atoms with E-state index >= 15 is 0 Å². The highest BCUT2D eigenvalue weighted by Crippen LogP contribution is 2.22. The molecule has 0 aromatic heterocycles. The lowest BCUT2D eigenvalue weighted by Gasteiger charge is -2.18. The Kier molecular flexibility index (Phi) is 8.45. The van der Waals surface area contributed by atoms with Gasteiger partial charge in [-0.1, -0.05) is 38.1 Å². The first-order valence-electron chi connectivity index (χ1n) is 9.30. The summed E-state index contributed by atoms with van der Waals surface area (Å²) in [6.45, 7) is 8.52. The normalized spacial score (nSPS) is 11.5. The highest BCUT2D eigenvalue weighted by molar-refractivity contribution is 5.93. The Morgan fingerprint density at radius 3 is 2.44 bits per heavy atom. The molecule has 2 aromatic rings. The van der Waals surface area contributed by atoms with Crippen molar-refractivity contribution in [3.8, 4) is 11.5 Å². The number of hydrogen-bond donors (Lipinski definition) is 2. The largest absolute Gasteiger partial charge is 0.495 e. The molecule has 0 saturated heterocycles. The summed E-state index contributed by atoms with van der Waals surface area (Å²) < 4.78 is 11.1. The molecule has 0 aliphatic rings. The zero-order chi connectivity index (χ0) is 19.5. The molecule has 0 unspecified atom stereocenters. The number of hydrogen-bond acceptors (Lipinski definition) is 4. The second-order valence-corrected chi connectivity index (χ2v) is 6.05. The summed E-state index contributed by atoms with van der Waals surface area (Å²) in [5.41, 5.74) is 7.84. The zero-order valence-electron chi connectivity index (χ0n) is 16.4. The van der Waals surface area contributed by atoms with Crippen LogP contribution < -0.4 is 20.5 Å². The predicted molar refractivity (Wildman–Crippen MR) is 112 cm³/mol. The van der Waals surface area contributed by atoms with Crippen molar-refractivity contribution in [2.45, 2.75) is 20.4 Å². The average Bonchev–Trinajstić information content (AvgIpc) is 2.71. The van der Waals surface area contributed by atoms with Crippen LogP contribution in [0, 0.1) is 0 Å². The molecule has 6 nitrogen and oxygen atoms in total. The minimum absolute atomic E-state index is 0.346. The van der Waals surface area contributed by atoms with Gasteiger partial charge >= 0.3 is 0 Å². The van der Waals surface area contributed by atoms with E-state index in [1.807, 2.05) is 48.5 Å². The van der Waals surface area contributed by atoms with Crippen molar-refractivity contribution in [3.63, 3.8) is 0 Å². The van der Waals surface area contributed by atoms with Crippen molar-refractivity contribution in [1.82, 2.24) is 4.90 Å². The number of para-hydroxylation sites is 2. The number of guanidine groups is 1. The highest BCUT2D eigenvalue weighted by Gasteiger charge is 2.03. The Morgan fingerprint density at radius 2 is 1.78 bits per heavy atom. The van der Waals surface area contributed by atoms with Crippen molar-refractivity contribution in [1.29, 1.82) is 0 Å². The van der Waals surface area contributed by atoms with Crippen LogP contribution in [0.5, 0.6) is 11.5 Å². The van der Waals surface area contributed by atoms with E-state index in [-0.39, 0.29) is 0 Å². The number of ether oxygens (including phenoxy) is 2. The van der Waals surface area contributed by atoms with Gasteiger partial charge in [-0.15, -0.1) is 0 Å². The zero-order valence-corrected chi connectivity index (χ0v) is 16.4. The number of nitrogens with two attached hydrogens (primary N) is 1. The molecule has 0 heterocycles. The number of anilines is 1. The fourth-order valence-corrected chi connectivity index (χ4v) is 2.63. The summed E-state index contributed by atoms with van der Waals surface area (Å²) in [5.74, 6) is 1.94. The number of benzene rings is 2. The molecule has 0 aliphatic carbocycles. The predicted octanol–water partition coefficient (Wildman–Crippen LogP) is 3.34. The van der Waals surface area contributed by atoms with Gasteiger partial charge in [-0.2, -0.15) is 0 Å². The number of aliphatic imine (C=N–C) groups is 1. The molecule has 0 spiro atoms.